The summed E-state index contributed by atoms with van der Waals surface area (Å²) < 4.78 is 22.0. The number of thioether (sulfide) groups is 1. The van der Waals surface area contributed by atoms with E-state index in [0.29, 0.717) is 56.4 Å². The van der Waals surface area contributed by atoms with Crippen LogP contribution < -0.4 is 24.8 Å². The monoisotopic (exact) mass is 571 g/mol. The first-order chi connectivity index (χ1) is 18.6. The van der Waals surface area contributed by atoms with Crippen molar-refractivity contribution in [1.29, 1.82) is 5.26 Å². The maximum absolute atomic E-state index is 13.8. The molecule has 4 rings (SSSR count). The average molecular weight is 572 g/mol. The lowest BCUT2D eigenvalue weighted by Gasteiger charge is -2.42. The van der Waals surface area contributed by atoms with E-state index in [-0.39, 0.29) is 28.3 Å². The summed E-state index contributed by atoms with van der Waals surface area (Å²) in [6.07, 6.45) is 0.796. The standard InChI is InChI=1S/C26H29N5O6S2/c1-26(2)9-15-20(16(32)10-26)19(13-7-8-17(34-3)22(37-6)21(13)36-5)14(11-27)23(28)31(15)24-29-30-25(39-24)38-12-18(33)35-4/h7-8,19H,9-10,12,28H2,1-6H3. The van der Waals surface area contributed by atoms with E-state index >= 15 is 0 Å². The van der Waals surface area contributed by atoms with Crippen molar-refractivity contribution in [1.82, 2.24) is 10.2 Å². The molecule has 0 spiro atoms. The summed E-state index contributed by atoms with van der Waals surface area (Å²) in [5.41, 5.74) is 8.17. The zero-order valence-corrected chi connectivity index (χ0v) is 24.1. The van der Waals surface area contributed by atoms with Crippen molar-refractivity contribution in [3.8, 4) is 23.3 Å². The number of carbonyl (C=O) groups excluding carboxylic acids is 2. The maximum Gasteiger partial charge on any atom is 0.316 e. The van der Waals surface area contributed by atoms with Gasteiger partial charge in [-0.15, -0.1) is 10.2 Å². The number of nitriles is 1. The minimum atomic E-state index is -0.791. The first kappa shape index (κ1) is 28.3. The highest BCUT2D eigenvalue weighted by Gasteiger charge is 2.46. The molecule has 11 nitrogen and oxygen atoms in total. The summed E-state index contributed by atoms with van der Waals surface area (Å²) in [5.74, 6) is 0.0683. The van der Waals surface area contributed by atoms with Crippen molar-refractivity contribution >= 4 is 40.0 Å². The van der Waals surface area contributed by atoms with Gasteiger partial charge in [0.1, 0.15) is 5.82 Å². The highest BCUT2D eigenvalue weighted by atomic mass is 32.2. The van der Waals surface area contributed by atoms with Gasteiger partial charge in [0.15, 0.2) is 21.6 Å². The Morgan fingerprint density at radius 3 is 2.51 bits per heavy atom. The number of hydrogen-bond donors (Lipinski definition) is 1. The second kappa shape index (κ2) is 11.2. The van der Waals surface area contributed by atoms with E-state index in [1.54, 1.807) is 17.0 Å². The first-order valence-electron chi connectivity index (χ1n) is 11.9. The van der Waals surface area contributed by atoms with Crippen LogP contribution in [0.2, 0.25) is 0 Å². The molecule has 1 aliphatic carbocycles. The number of hydrogen-bond acceptors (Lipinski definition) is 13. The number of nitrogens with two attached hydrogens (primary N) is 1. The smallest absolute Gasteiger partial charge is 0.316 e. The van der Waals surface area contributed by atoms with Gasteiger partial charge >= 0.3 is 5.97 Å². The number of rotatable bonds is 8. The summed E-state index contributed by atoms with van der Waals surface area (Å²) in [5, 5.41) is 19.2. The molecule has 1 unspecified atom stereocenters. The van der Waals surface area contributed by atoms with Crippen LogP contribution in [0.3, 0.4) is 0 Å². The Kier molecular flexibility index (Phi) is 8.08. The zero-order valence-electron chi connectivity index (χ0n) is 22.5. The zero-order chi connectivity index (χ0) is 28.5. The largest absolute Gasteiger partial charge is 0.493 e. The molecular weight excluding hydrogens is 542 g/mol. The summed E-state index contributed by atoms with van der Waals surface area (Å²) in [7, 11) is 5.81. The fraction of sp³-hybridized carbons (Fsp3) is 0.423. The molecule has 1 aliphatic heterocycles. The van der Waals surface area contributed by atoms with Crippen LogP contribution in [0.15, 0.2) is 39.1 Å². The minimum absolute atomic E-state index is 0.0700. The van der Waals surface area contributed by atoms with Gasteiger partial charge in [-0.05, 0) is 17.9 Å². The van der Waals surface area contributed by atoms with Crippen LogP contribution in [0.1, 0.15) is 38.2 Å². The van der Waals surface area contributed by atoms with Crippen molar-refractivity contribution in [2.75, 3.05) is 39.1 Å². The molecule has 0 saturated heterocycles. The molecule has 39 heavy (non-hydrogen) atoms. The normalized spacial score (nSPS) is 18.4. The average Bonchev–Trinajstić information content (AvgIpc) is 3.37. The number of ketones is 1. The second-order valence-corrected chi connectivity index (χ2v) is 11.8. The fourth-order valence-corrected chi connectivity index (χ4v) is 6.63. The SMILES string of the molecule is COC(=O)CSc1nnc(N2C(N)=C(C#N)C(c3ccc(OC)c(OC)c3OC)C3=C2CC(C)(C)CC3=O)s1. The molecule has 0 amide bonds. The summed E-state index contributed by atoms with van der Waals surface area (Å²) in [6, 6.07) is 5.71. The van der Waals surface area contributed by atoms with E-state index in [0.717, 1.165) is 0 Å². The van der Waals surface area contributed by atoms with E-state index in [4.69, 9.17) is 24.7 Å². The van der Waals surface area contributed by atoms with Gasteiger partial charge in [0.2, 0.25) is 10.9 Å². The number of carbonyl (C=O) groups is 2. The van der Waals surface area contributed by atoms with E-state index < -0.39 is 11.9 Å². The molecule has 0 saturated carbocycles. The van der Waals surface area contributed by atoms with Crippen LogP contribution in [-0.2, 0) is 14.3 Å². The van der Waals surface area contributed by atoms with Crippen molar-refractivity contribution in [3.63, 3.8) is 0 Å². The third-order valence-corrected chi connectivity index (χ3v) is 8.57. The van der Waals surface area contributed by atoms with E-state index in [1.165, 1.54) is 51.5 Å². The Bertz CT molecular complexity index is 1420. The predicted octanol–water partition coefficient (Wildman–Crippen LogP) is 3.77. The number of Topliss-reactive ketones (excluding diaryl/α,β-unsaturated/α-hetero) is 1. The molecule has 0 fully saturated rings. The van der Waals surface area contributed by atoms with Gasteiger partial charge in [-0.3, -0.25) is 14.5 Å². The van der Waals surface area contributed by atoms with Gasteiger partial charge in [-0.1, -0.05) is 43.0 Å². The van der Waals surface area contributed by atoms with Crippen molar-refractivity contribution < 1.29 is 28.5 Å². The minimum Gasteiger partial charge on any atom is -0.493 e. The molecule has 13 heteroatoms. The highest BCUT2D eigenvalue weighted by molar-refractivity contribution is 8.01. The molecule has 2 heterocycles. The van der Waals surface area contributed by atoms with Crippen LogP contribution in [-0.4, -0.2) is 56.1 Å². The Hall–Kier alpha value is -3.76. The Labute approximate surface area is 234 Å². The van der Waals surface area contributed by atoms with E-state index in [9.17, 15) is 14.9 Å². The Balaban J connectivity index is 1.93. The van der Waals surface area contributed by atoms with Crippen molar-refractivity contribution in [3.05, 3.63) is 40.4 Å². The first-order valence-corrected chi connectivity index (χ1v) is 13.7. The number of methoxy groups -OCH3 is 4. The molecule has 0 bridgehead atoms. The Morgan fingerprint density at radius 2 is 1.90 bits per heavy atom. The molecule has 1 atom stereocenters. The number of ether oxygens (including phenoxy) is 4. The van der Waals surface area contributed by atoms with Gasteiger partial charge in [0.05, 0.1) is 51.8 Å². The van der Waals surface area contributed by atoms with Crippen LogP contribution in [0, 0.1) is 16.7 Å². The fourth-order valence-electron chi connectivity index (χ4n) is 4.92. The molecule has 2 aromatic rings. The molecule has 2 N–H and O–H groups in total. The summed E-state index contributed by atoms with van der Waals surface area (Å²) >= 11 is 2.39. The summed E-state index contributed by atoms with van der Waals surface area (Å²) in [6.45, 7) is 4.02. The molecule has 206 valence electrons. The van der Waals surface area contributed by atoms with Crippen LogP contribution in [0.5, 0.6) is 17.2 Å². The predicted molar refractivity (Wildman–Crippen MR) is 146 cm³/mol. The lowest BCUT2D eigenvalue weighted by atomic mass is 9.68. The Morgan fingerprint density at radius 1 is 1.18 bits per heavy atom. The molecule has 0 radical (unpaired) electrons. The van der Waals surface area contributed by atoms with Gasteiger partial charge in [-0.2, -0.15) is 5.26 Å². The number of anilines is 1. The van der Waals surface area contributed by atoms with Gasteiger partial charge in [-0.25, -0.2) is 0 Å². The summed E-state index contributed by atoms with van der Waals surface area (Å²) in [4.78, 5) is 27.1. The highest BCUT2D eigenvalue weighted by Crippen LogP contribution is 2.54. The lowest BCUT2D eigenvalue weighted by Crippen LogP contribution is -2.42. The third kappa shape index (κ3) is 5.14. The van der Waals surface area contributed by atoms with Gasteiger partial charge < -0.3 is 24.7 Å². The second-order valence-electron chi connectivity index (χ2n) is 9.62. The van der Waals surface area contributed by atoms with E-state index in [2.05, 4.69) is 16.3 Å². The number of aromatic nitrogens is 2. The van der Waals surface area contributed by atoms with E-state index in [1.807, 2.05) is 13.8 Å². The molecule has 1 aromatic heterocycles. The number of allylic oxidation sites excluding steroid dienone is 3. The maximum atomic E-state index is 13.8. The van der Waals surface area contributed by atoms with Crippen molar-refractivity contribution in [2.24, 2.45) is 11.1 Å². The van der Waals surface area contributed by atoms with Crippen LogP contribution >= 0.6 is 23.1 Å². The van der Waals surface area contributed by atoms with Crippen LogP contribution in [0.25, 0.3) is 0 Å². The van der Waals surface area contributed by atoms with Crippen molar-refractivity contribution in [2.45, 2.75) is 36.9 Å². The topological polar surface area (TPSA) is 150 Å². The van der Waals surface area contributed by atoms with Gasteiger partial charge in [0.25, 0.3) is 0 Å². The quantitative estimate of drug-likeness (QED) is 0.363. The van der Waals surface area contributed by atoms with Crippen LogP contribution in [0.4, 0.5) is 5.13 Å². The number of nitrogens with zero attached hydrogens (tertiary/aromatic N) is 4. The number of benzene rings is 1. The molecule has 1 aromatic carbocycles. The lowest BCUT2D eigenvalue weighted by molar-refractivity contribution is -0.137. The molecule has 2 aliphatic rings. The molecular formula is C26H29N5O6S2. The van der Waals surface area contributed by atoms with Gasteiger partial charge in [0, 0.05) is 23.3 Å². The number of esters is 1. The third-order valence-electron chi connectivity index (χ3n) is 6.55.